The van der Waals surface area contributed by atoms with Crippen LogP contribution in [0.2, 0.25) is 0 Å². The third kappa shape index (κ3) is 4.20. The molecule has 0 radical (unpaired) electrons. The fraction of sp³-hybridized carbons (Fsp3) is 0.750. The van der Waals surface area contributed by atoms with Crippen molar-refractivity contribution in [3.8, 4) is 0 Å². The number of rotatable bonds is 5. The van der Waals surface area contributed by atoms with Crippen LogP contribution in [-0.4, -0.2) is 22.7 Å². The van der Waals surface area contributed by atoms with Crippen LogP contribution in [-0.2, 0) is 6.54 Å². The van der Waals surface area contributed by atoms with Gasteiger partial charge in [0.1, 0.15) is 0 Å². The quantitative estimate of drug-likeness (QED) is 0.833. The molecule has 1 unspecified atom stereocenters. The Hall–Kier alpha value is -0.450. The van der Waals surface area contributed by atoms with E-state index in [1.807, 2.05) is 13.1 Å². The second-order valence-corrected chi connectivity index (χ2v) is 6.48. The number of aryl methyl sites for hydroxylation is 1. The van der Waals surface area contributed by atoms with E-state index in [1.165, 1.54) is 4.88 Å². The minimum Gasteiger partial charge on any atom is -0.396 e. The van der Waals surface area contributed by atoms with Crippen LogP contribution < -0.4 is 5.32 Å². The second kappa shape index (κ2) is 5.75. The second-order valence-electron chi connectivity index (χ2n) is 5.16. The van der Waals surface area contributed by atoms with Gasteiger partial charge in [-0.2, -0.15) is 0 Å². The van der Waals surface area contributed by atoms with Crippen molar-refractivity contribution in [3.05, 3.63) is 16.1 Å². The molecule has 16 heavy (non-hydrogen) atoms. The molecule has 0 bridgehead atoms. The fourth-order valence-corrected chi connectivity index (χ4v) is 2.43. The zero-order valence-corrected chi connectivity index (χ0v) is 11.4. The van der Waals surface area contributed by atoms with Crippen molar-refractivity contribution in [1.29, 1.82) is 0 Å². The molecular formula is C12H22N2OS. The van der Waals surface area contributed by atoms with Crippen molar-refractivity contribution in [2.75, 3.05) is 6.61 Å². The zero-order chi connectivity index (χ0) is 12.2. The summed E-state index contributed by atoms with van der Waals surface area (Å²) in [5.74, 6) is 0. The van der Waals surface area contributed by atoms with Gasteiger partial charge in [-0.05, 0) is 18.8 Å². The monoisotopic (exact) mass is 242 g/mol. The van der Waals surface area contributed by atoms with Gasteiger partial charge < -0.3 is 10.4 Å². The highest BCUT2D eigenvalue weighted by Crippen LogP contribution is 2.22. The number of thiazole rings is 1. The molecule has 1 heterocycles. The van der Waals surface area contributed by atoms with Crippen molar-refractivity contribution in [3.63, 3.8) is 0 Å². The lowest BCUT2D eigenvalue weighted by molar-refractivity contribution is 0.197. The number of aliphatic hydroxyl groups is 1. The maximum absolute atomic E-state index is 9.05. The minimum absolute atomic E-state index is 0.169. The molecular weight excluding hydrogens is 220 g/mol. The average Bonchev–Trinajstić information content (AvgIpc) is 2.57. The third-order valence-electron chi connectivity index (χ3n) is 2.65. The maximum Gasteiger partial charge on any atom is 0.0897 e. The molecule has 1 rings (SSSR count). The smallest absolute Gasteiger partial charge is 0.0897 e. The highest BCUT2D eigenvalue weighted by atomic mass is 32.1. The maximum atomic E-state index is 9.05. The molecule has 0 aliphatic heterocycles. The summed E-state index contributed by atoms with van der Waals surface area (Å²) in [6.45, 7) is 9.67. The summed E-state index contributed by atoms with van der Waals surface area (Å²) in [4.78, 5) is 5.49. The Morgan fingerprint density at radius 1 is 1.50 bits per heavy atom. The molecule has 0 aliphatic carbocycles. The average molecular weight is 242 g/mol. The number of nitrogens with one attached hydrogen (secondary N) is 1. The number of hydrogen-bond donors (Lipinski definition) is 2. The molecule has 4 heteroatoms. The molecule has 1 aromatic heterocycles. The predicted octanol–water partition coefficient (Wildman–Crippen LogP) is 2.34. The lowest BCUT2D eigenvalue weighted by Gasteiger charge is -2.31. The first kappa shape index (κ1) is 13.6. The largest absolute Gasteiger partial charge is 0.396 e. The van der Waals surface area contributed by atoms with Gasteiger partial charge in [0.2, 0.25) is 0 Å². The van der Waals surface area contributed by atoms with Gasteiger partial charge in [-0.1, -0.05) is 20.8 Å². The molecule has 2 N–H and O–H groups in total. The Morgan fingerprint density at radius 2 is 2.19 bits per heavy atom. The van der Waals surface area contributed by atoms with Crippen molar-refractivity contribution in [2.45, 2.75) is 46.7 Å². The van der Waals surface area contributed by atoms with Crippen LogP contribution in [0.15, 0.2) is 6.20 Å². The molecule has 0 spiro atoms. The number of aliphatic hydroxyl groups excluding tert-OH is 1. The minimum atomic E-state index is 0.169. The number of hydrogen-bond acceptors (Lipinski definition) is 4. The summed E-state index contributed by atoms with van der Waals surface area (Å²) in [7, 11) is 0. The lowest BCUT2D eigenvalue weighted by atomic mass is 9.85. The van der Waals surface area contributed by atoms with E-state index in [-0.39, 0.29) is 12.0 Å². The summed E-state index contributed by atoms with van der Waals surface area (Å²) < 4.78 is 0. The van der Waals surface area contributed by atoms with Gasteiger partial charge in [-0.15, -0.1) is 11.3 Å². The highest BCUT2D eigenvalue weighted by Gasteiger charge is 2.23. The van der Waals surface area contributed by atoms with E-state index in [0.29, 0.717) is 6.04 Å². The number of nitrogens with zero attached hydrogens (tertiary/aromatic N) is 1. The van der Waals surface area contributed by atoms with E-state index in [1.54, 1.807) is 11.3 Å². The molecule has 92 valence electrons. The Balaban J connectivity index is 2.50. The van der Waals surface area contributed by atoms with Crippen molar-refractivity contribution < 1.29 is 5.11 Å². The van der Waals surface area contributed by atoms with E-state index < -0.39 is 0 Å². The van der Waals surface area contributed by atoms with Gasteiger partial charge in [-0.3, -0.25) is 0 Å². The fourth-order valence-electron chi connectivity index (χ4n) is 1.68. The first-order chi connectivity index (χ1) is 7.43. The van der Waals surface area contributed by atoms with Crippen LogP contribution in [0.4, 0.5) is 0 Å². The molecule has 0 fully saturated rings. The first-order valence-corrected chi connectivity index (χ1v) is 6.50. The predicted molar refractivity (Wildman–Crippen MR) is 68.6 cm³/mol. The molecule has 1 aromatic rings. The Labute approximate surface area is 102 Å². The van der Waals surface area contributed by atoms with Gasteiger partial charge in [0.25, 0.3) is 0 Å². The van der Waals surface area contributed by atoms with Crippen LogP contribution in [0.25, 0.3) is 0 Å². The normalized spacial score (nSPS) is 14.1. The Bertz CT molecular complexity index is 317. The summed E-state index contributed by atoms with van der Waals surface area (Å²) >= 11 is 1.72. The van der Waals surface area contributed by atoms with Crippen LogP contribution >= 0.6 is 11.3 Å². The van der Waals surface area contributed by atoms with Crippen LogP contribution in [0, 0.1) is 12.3 Å². The van der Waals surface area contributed by atoms with Crippen molar-refractivity contribution in [2.24, 2.45) is 5.41 Å². The summed E-state index contributed by atoms with van der Waals surface area (Å²) in [5.41, 5.74) is 0.169. The lowest BCUT2D eigenvalue weighted by Crippen LogP contribution is -2.40. The topological polar surface area (TPSA) is 45.2 Å². The van der Waals surface area contributed by atoms with Gasteiger partial charge in [0, 0.05) is 30.3 Å². The van der Waals surface area contributed by atoms with E-state index in [0.717, 1.165) is 18.0 Å². The Kier molecular flexibility index (Phi) is 4.89. The highest BCUT2D eigenvalue weighted by molar-refractivity contribution is 7.11. The number of aromatic nitrogens is 1. The zero-order valence-electron chi connectivity index (χ0n) is 10.6. The molecule has 0 aromatic carbocycles. The molecule has 3 nitrogen and oxygen atoms in total. The summed E-state index contributed by atoms with van der Waals surface area (Å²) in [6.07, 6.45) is 2.72. The van der Waals surface area contributed by atoms with Gasteiger partial charge in [0.05, 0.1) is 5.01 Å². The van der Waals surface area contributed by atoms with E-state index in [2.05, 4.69) is 31.1 Å². The van der Waals surface area contributed by atoms with Crippen LogP contribution in [0.1, 0.15) is 37.1 Å². The Morgan fingerprint density at radius 3 is 2.62 bits per heavy atom. The summed E-state index contributed by atoms with van der Waals surface area (Å²) in [6, 6.07) is 0.333. The summed E-state index contributed by atoms with van der Waals surface area (Å²) in [5, 5.41) is 13.7. The van der Waals surface area contributed by atoms with Crippen molar-refractivity contribution in [1.82, 2.24) is 10.3 Å². The standard InChI is InChI=1S/C12H22N2OS/c1-9-13-7-10(16-9)8-14-11(5-6-15)12(2,3)4/h7,11,14-15H,5-6,8H2,1-4H3. The van der Waals surface area contributed by atoms with Gasteiger partial charge in [0.15, 0.2) is 0 Å². The van der Waals surface area contributed by atoms with Crippen LogP contribution in [0.5, 0.6) is 0 Å². The molecule has 1 atom stereocenters. The van der Waals surface area contributed by atoms with E-state index in [4.69, 9.17) is 5.11 Å². The molecule has 0 amide bonds. The van der Waals surface area contributed by atoms with Gasteiger partial charge in [-0.25, -0.2) is 4.98 Å². The molecule has 0 aliphatic rings. The van der Waals surface area contributed by atoms with E-state index >= 15 is 0 Å². The van der Waals surface area contributed by atoms with Gasteiger partial charge >= 0.3 is 0 Å². The third-order valence-corrected chi connectivity index (χ3v) is 3.57. The SMILES string of the molecule is Cc1ncc(CNC(CCO)C(C)(C)C)s1. The molecule has 0 saturated carbocycles. The van der Waals surface area contributed by atoms with Crippen molar-refractivity contribution >= 4 is 11.3 Å². The first-order valence-electron chi connectivity index (χ1n) is 5.69. The van der Waals surface area contributed by atoms with Crippen LogP contribution in [0.3, 0.4) is 0 Å². The van der Waals surface area contributed by atoms with E-state index in [9.17, 15) is 0 Å². The molecule has 0 saturated heterocycles.